The molecule has 0 radical (unpaired) electrons. The van der Waals surface area contributed by atoms with Gasteiger partial charge in [-0.15, -0.1) is 10.1 Å². The molecule has 0 aromatic heterocycles. The lowest BCUT2D eigenvalue weighted by Crippen LogP contribution is -2.42. The molecule has 1 heterocycles. The van der Waals surface area contributed by atoms with E-state index in [1.54, 1.807) is 36.1 Å². The average Bonchev–Trinajstić information content (AvgIpc) is 3.10. The average molecular weight is 414 g/mol. The Labute approximate surface area is 181 Å². The molecule has 2 amide bonds. The molecule has 3 aromatic carbocycles. The third-order valence-corrected chi connectivity index (χ3v) is 5.28. The molecule has 156 valence electrons. The fraction of sp³-hybridized carbons (Fsp3) is 0.160. The largest absolute Gasteiger partial charge is 0.497 e. The van der Waals surface area contributed by atoms with Gasteiger partial charge in [-0.1, -0.05) is 35.9 Å². The van der Waals surface area contributed by atoms with Crippen LogP contribution in [0.25, 0.3) is 0 Å². The first-order valence-corrected chi connectivity index (χ1v) is 10.1. The second-order valence-corrected chi connectivity index (χ2v) is 7.46. The van der Waals surface area contributed by atoms with Crippen molar-refractivity contribution in [2.24, 2.45) is 0 Å². The first-order chi connectivity index (χ1) is 15.0. The van der Waals surface area contributed by atoms with Crippen LogP contribution in [0.4, 0.5) is 0 Å². The summed E-state index contributed by atoms with van der Waals surface area (Å²) in [6.07, 6.45) is 1.88. The van der Waals surface area contributed by atoms with E-state index in [4.69, 9.17) is 4.74 Å². The number of hydrazine groups is 1. The third-order valence-electron chi connectivity index (χ3n) is 5.28. The number of amides is 2. The maximum absolute atomic E-state index is 12.9. The monoisotopic (exact) mass is 414 g/mol. The van der Waals surface area contributed by atoms with Crippen LogP contribution >= 0.6 is 0 Å². The number of carbonyl (C=O) groups excluding carboxylic acids is 2. The number of aryl methyl sites for hydroxylation is 1. The van der Waals surface area contributed by atoms with Gasteiger partial charge in [0.2, 0.25) is 12.3 Å². The Morgan fingerprint density at radius 2 is 1.68 bits per heavy atom. The summed E-state index contributed by atoms with van der Waals surface area (Å²) in [4.78, 5) is 25.7. The van der Waals surface area contributed by atoms with Gasteiger partial charge in [0.05, 0.1) is 7.11 Å². The molecule has 0 spiro atoms. The van der Waals surface area contributed by atoms with Crippen molar-refractivity contribution in [1.29, 1.82) is 0 Å². The quantitative estimate of drug-likeness (QED) is 0.631. The van der Waals surface area contributed by atoms with Crippen LogP contribution in [0.15, 0.2) is 78.9 Å². The van der Waals surface area contributed by atoms with Gasteiger partial charge in [-0.05, 0) is 55.5 Å². The van der Waals surface area contributed by atoms with Crippen LogP contribution in [-0.4, -0.2) is 35.9 Å². The van der Waals surface area contributed by atoms with Gasteiger partial charge in [-0.25, -0.2) is 0 Å². The molecule has 0 aliphatic carbocycles. The van der Waals surface area contributed by atoms with Crippen molar-refractivity contribution in [3.63, 3.8) is 0 Å². The molecule has 2 N–H and O–H groups in total. The Morgan fingerprint density at radius 1 is 1.00 bits per heavy atom. The molecular weight excluding hydrogens is 390 g/mol. The van der Waals surface area contributed by atoms with Gasteiger partial charge in [0.15, 0.2) is 6.04 Å². The summed E-state index contributed by atoms with van der Waals surface area (Å²) < 4.78 is 7.02. The number of nitrogens with one attached hydrogen (secondary N) is 2. The number of methoxy groups -OCH3 is 1. The zero-order valence-corrected chi connectivity index (χ0v) is 17.4. The van der Waals surface area contributed by atoms with E-state index in [1.165, 1.54) is 0 Å². The number of nitrogens with zero attached hydrogens (tertiary/aromatic N) is 1. The lowest BCUT2D eigenvalue weighted by atomic mass is 9.99. The second-order valence-electron chi connectivity index (χ2n) is 7.46. The fourth-order valence-corrected chi connectivity index (χ4v) is 3.61. The summed E-state index contributed by atoms with van der Waals surface area (Å²) in [7, 11) is 1.61. The molecule has 1 aliphatic heterocycles. The van der Waals surface area contributed by atoms with Crippen LogP contribution in [0.2, 0.25) is 0 Å². The highest BCUT2D eigenvalue weighted by Crippen LogP contribution is 2.27. The number of hydrogen-bond donors (Lipinski definition) is 2. The van der Waals surface area contributed by atoms with Crippen molar-refractivity contribution >= 4 is 18.0 Å². The number of carbonyl (C=O) groups is 2. The first kappa shape index (κ1) is 20.3. The SMILES string of the molecule is COc1ccc([C@H]2[C@H](NC(=O)c3ccccc3)C(=O)N/[N+]2=C\c2ccc(C)cc2)cc1. The van der Waals surface area contributed by atoms with Gasteiger partial charge in [0.1, 0.15) is 5.75 Å². The van der Waals surface area contributed by atoms with Crippen LogP contribution < -0.4 is 15.5 Å². The smallest absolute Gasteiger partial charge is 0.304 e. The Hall–Kier alpha value is -3.93. The summed E-state index contributed by atoms with van der Waals surface area (Å²) in [6, 6.07) is 23.2. The van der Waals surface area contributed by atoms with Crippen molar-refractivity contribution in [2.45, 2.75) is 19.0 Å². The van der Waals surface area contributed by atoms with Crippen LogP contribution in [0.5, 0.6) is 5.75 Å². The molecule has 1 aliphatic rings. The van der Waals surface area contributed by atoms with Gasteiger partial charge in [0.25, 0.3) is 5.91 Å². The molecule has 6 heteroatoms. The van der Waals surface area contributed by atoms with Gasteiger partial charge in [-0.2, -0.15) is 0 Å². The van der Waals surface area contributed by atoms with E-state index in [2.05, 4.69) is 10.7 Å². The molecule has 1 fully saturated rings. The molecule has 0 unspecified atom stereocenters. The minimum absolute atomic E-state index is 0.270. The number of ether oxygens (including phenoxy) is 1. The second kappa shape index (κ2) is 8.83. The molecule has 6 nitrogen and oxygen atoms in total. The maximum atomic E-state index is 12.9. The van der Waals surface area contributed by atoms with E-state index in [9.17, 15) is 9.59 Å². The summed E-state index contributed by atoms with van der Waals surface area (Å²) in [5, 5.41) is 2.90. The van der Waals surface area contributed by atoms with E-state index >= 15 is 0 Å². The minimum atomic E-state index is -0.761. The molecule has 0 saturated carbocycles. The predicted octanol–water partition coefficient (Wildman–Crippen LogP) is 3.02. The van der Waals surface area contributed by atoms with E-state index in [0.29, 0.717) is 5.56 Å². The molecule has 3 aromatic rings. The topological polar surface area (TPSA) is 70.4 Å². The van der Waals surface area contributed by atoms with E-state index in [1.807, 2.05) is 67.7 Å². The highest BCUT2D eigenvalue weighted by atomic mass is 16.5. The highest BCUT2D eigenvalue weighted by Gasteiger charge is 2.47. The zero-order valence-electron chi connectivity index (χ0n) is 17.4. The van der Waals surface area contributed by atoms with E-state index in [-0.39, 0.29) is 11.8 Å². The van der Waals surface area contributed by atoms with Gasteiger partial charge in [0, 0.05) is 16.7 Å². The van der Waals surface area contributed by atoms with Crippen LogP contribution in [0.3, 0.4) is 0 Å². The van der Waals surface area contributed by atoms with Crippen molar-refractivity contribution in [1.82, 2.24) is 10.7 Å². The van der Waals surface area contributed by atoms with Crippen molar-refractivity contribution < 1.29 is 19.0 Å². The highest BCUT2D eigenvalue weighted by molar-refractivity contribution is 5.98. The standard InChI is InChI=1S/C25H23N3O3/c1-17-8-10-18(11-9-17)16-28-23(19-12-14-21(31-2)15-13-19)22(25(30)27-28)26-24(29)20-6-4-3-5-7-20/h3-16,22-23H,1-2H3,(H-,26,27,29,30)/p+1/b28-16-/t22-,23-/m0/s1. The Bertz CT molecular complexity index is 1110. The first-order valence-electron chi connectivity index (χ1n) is 10.1. The van der Waals surface area contributed by atoms with Crippen LogP contribution in [-0.2, 0) is 4.79 Å². The minimum Gasteiger partial charge on any atom is -0.497 e. The Balaban J connectivity index is 1.70. The van der Waals surface area contributed by atoms with E-state index in [0.717, 1.165) is 22.4 Å². The number of rotatable bonds is 5. The molecule has 31 heavy (non-hydrogen) atoms. The number of benzene rings is 3. The van der Waals surface area contributed by atoms with Gasteiger partial charge < -0.3 is 10.1 Å². The summed E-state index contributed by atoms with van der Waals surface area (Å²) >= 11 is 0. The third kappa shape index (κ3) is 4.48. The molecule has 0 bridgehead atoms. The Kier molecular flexibility index (Phi) is 5.80. The summed E-state index contributed by atoms with van der Waals surface area (Å²) in [5.41, 5.74) is 6.37. The fourth-order valence-electron chi connectivity index (χ4n) is 3.61. The van der Waals surface area contributed by atoms with E-state index < -0.39 is 12.1 Å². The van der Waals surface area contributed by atoms with Crippen LogP contribution in [0, 0.1) is 6.92 Å². The summed E-state index contributed by atoms with van der Waals surface area (Å²) in [5.74, 6) is 0.157. The lowest BCUT2D eigenvalue weighted by molar-refractivity contribution is -0.596. The van der Waals surface area contributed by atoms with Crippen LogP contribution in [0.1, 0.15) is 33.1 Å². The van der Waals surface area contributed by atoms with Gasteiger partial charge >= 0.3 is 5.91 Å². The van der Waals surface area contributed by atoms with Crippen molar-refractivity contribution in [2.75, 3.05) is 7.11 Å². The van der Waals surface area contributed by atoms with Crippen molar-refractivity contribution in [3.05, 3.63) is 101 Å². The zero-order chi connectivity index (χ0) is 21.8. The molecule has 4 rings (SSSR count). The normalized spacial score (nSPS) is 19.2. The van der Waals surface area contributed by atoms with Crippen molar-refractivity contribution in [3.8, 4) is 5.75 Å². The molecule has 2 atom stereocenters. The van der Waals surface area contributed by atoms with Gasteiger partial charge in [-0.3, -0.25) is 9.59 Å². The lowest BCUT2D eigenvalue weighted by Gasteiger charge is -2.15. The number of hydrazone groups is 1. The number of hydrogen-bond acceptors (Lipinski definition) is 3. The summed E-state index contributed by atoms with van der Waals surface area (Å²) in [6.45, 7) is 2.02. The maximum Gasteiger partial charge on any atom is 0.304 e. The molecular formula is C25H24N3O3+. The Morgan fingerprint density at radius 3 is 2.32 bits per heavy atom. The molecule has 1 saturated heterocycles. The predicted molar refractivity (Wildman–Crippen MR) is 118 cm³/mol.